The summed E-state index contributed by atoms with van der Waals surface area (Å²) in [7, 11) is 0. The molecule has 136 valence electrons. The van der Waals surface area contributed by atoms with Crippen LogP contribution in [0.4, 0.5) is 0 Å². The monoisotopic (exact) mass is 344 g/mol. The number of carbonyl (C=O) groups excluding carboxylic acids is 2. The second-order valence-electron chi connectivity index (χ2n) is 9.39. The molecular weight excluding hydrogens is 316 g/mol. The molecule has 2 aliphatic carbocycles. The van der Waals surface area contributed by atoms with Crippen molar-refractivity contribution in [1.29, 1.82) is 0 Å². The van der Waals surface area contributed by atoms with Gasteiger partial charge in [0.2, 0.25) is 0 Å². The van der Waals surface area contributed by atoms with Gasteiger partial charge in [-0.3, -0.25) is 9.59 Å². The van der Waals surface area contributed by atoms with Crippen LogP contribution in [0.25, 0.3) is 0 Å². The molecule has 1 fully saturated rings. The molecule has 2 heterocycles. The number of hydrogen-bond acceptors (Lipinski definition) is 4. The minimum atomic E-state index is -0.507. The number of allylic oxidation sites excluding steroid dienone is 3. The van der Waals surface area contributed by atoms with Crippen molar-refractivity contribution in [1.82, 2.24) is 0 Å². The summed E-state index contributed by atoms with van der Waals surface area (Å²) in [5, 5.41) is 0. The maximum atomic E-state index is 13.1. The van der Waals surface area contributed by atoms with Crippen LogP contribution in [0.5, 0.6) is 0 Å². The fourth-order valence-corrected chi connectivity index (χ4v) is 5.90. The summed E-state index contributed by atoms with van der Waals surface area (Å²) in [4.78, 5) is 25.6. The lowest BCUT2D eigenvalue weighted by molar-refractivity contribution is -0.201. The van der Waals surface area contributed by atoms with Crippen molar-refractivity contribution in [2.45, 2.75) is 72.0 Å². The van der Waals surface area contributed by atoms with E-state index in [9.17, 15) is 9.59 Å². The third-order valence-corrected chi connectivity index (χ3v) is 7.31. The molecule has 4 aliphatic rings. The Bertz CT molecular complexity index is 715. The highest BCUT2D eigenvalue weighted by Crippen LogP contribution is 2.62. The van der Waals surface area contributed by atoms with E-state index in [1.54, 1.807) is 6.08 Å². The zero-order valence-corrected chi connectivity index (χ0v) is 15.8. The zero-order valence-electron chi connectivity index (χ0n) is 15.8. The summed E-state index contributed by atoms with van der Waals surface area (Å²) in [6.45, 7) is 10.5. The van der Waals surface area contributed by atoms with Gasteiger partial charge in [0.25, 0.3) is 5.95 Å². The van der Waals surface area contributed by atoms with Crippen LogP contribution in [0.15, 0.2) is 23.7 Å². The molecule has 1 saturated carbocycles. The Balaban J connectivity index is 1.81. The van der Waals surface area contributed by atoms with Gasteiger partial charge in [-0.25, -0.2) is 0 Å². The summed E-state index contributed by atoms with van der Waals surface area (Å²) in [5.41, 5.74) is -0.339. The number of carbonyl (C=O) groups is 2. The van der Waals surface area contributed by atoms with E-state index in [-0.39, 0.29) is 34.9 Å². The van der Waals surface area contributed by atoms with Gasteiger partial charge in [-0.05, 0) is 50.5 Å². The van der Waals surface area contributed by atoms with Gasteiger partial charge in [0.1, 0.15) is 11.7 Å². The molecule has 0 unspecified atom stereocenters. The fourth-order valence-electron chi connectivity index (χ4n) is 5.90. The highest BCUT2D eigenvalue weighted by atomic mass is 16.7. The second kappa shape index (κ2) is 4.99. The molecular formula is C21H28O4. The van der Waals surface area contributed by atoms with Crippen molar-refractivity contribution in [3.8, 4) is 0 Å². The quantitative estimate of drug-likeness (QED) is 0.667. The van der Waals surface area contributed by atoms with Crippen molar-refractivity contribution in [2.75, 3.05) is 0 Å². The molecule has 0 spiro atoms. The van der Waals surface area contributed by atoms with Gasteiger partial charge in [0.05, 0.1) is 5.57 Å². The first-order chi connectivity index (χ1) is 11.6. The van der Waals surface area contributed by atoms with Gasteiger partial charge >= 0.3 is 0 Å². The third kappa shape index (κ3) is 2.18. The van der Waals surface area contributed by atoms with Gasteiger partial charge in [-0.2, -0.15) is 0 Å². The number of ether oxygens (including phenoxy) is 2. The zero-order chi connectivity index (χ0) is 18.2. The lowest BCUT2D eigenvalue weighted by Gasteiger charge is -2.60. The molecule has 4 nitrogen and oxygen atoms in total. The Morgan fingerprint density at radius 2 is 1.80 bits per heavy atom. The lowest BCUT2D eigenvalue weighted by Crippen LogP contribution is -2.62. The van der Waals surface area contributed by atoms with E-state index >= 15 is 0 Å². The molecule has 5 atom stereocenters. The normalized spacial score (nSPS) is 45.1. The van der Waals surface area contributed by atoms with Crippen LogP contribution in [-0.2, 0) is 19.1 Å². The summed E-state index contributed by atoms with van der Waals surface area (Å²) >= 11 is 0. The molecule has 0 amide bonds. The number of Topliss-reactive ketones (excluding diaryl/α,β-unsaturated/α-hetero) is 1. The summed E-state index contributed by atoms with van der Waals surface area (Å²) in [5.74, 6) is 0.968. The highest BCUT2D eigenvalue weighted by molar-refractivity contribution is 5.98. The first-order valence-corrected chi connectivity index (χ1v) is 9.43. The van der Waals surface area contributed by atoms with E-state index in [0.29, 0.717) is 24.4 Å². The van der Waals surface area contributed by atoms with Gasteiger partial charge in [0, 0.05) is 17.8 Å². The minimum Gasteiger partial charge on any atom is -0.462 e. The van der Waals surface area contributed by atoms with Crippen molar-refractivity contribution in [3.63, 3.8) is 0 Å². The number of hydrogen-bond donors (Lipinski definition) is 0. The van der Waals surface area contributed by atoms with Crippen molar-refractivity contribution >= 4 is 11.6 Å². The van der Waals surface area contributed by atoms with E-state index in [0.717, 1.165) is 12.8 Å². The maximum Gasteiger partial charge on any atom is 0.286 e. The number of ketones is 2. The van der Waals surface area contributed by atoms with Gasteiger partial charge < -0.3 is 9.47 Å². The van der Waals surface area contributed by atoms with E-state index in [1.807, 2.05) is 6.92 Å². The van der Waals surface area contributed by atoms with Crippen LogP contribution in [0, 0.1) is 22.7 Å². The highest BCUT2D eigenvalue weighted by Gasteiger charge is 2.64. The van der Waals surface area contributed by atoms with Crippen molar-refractivity contribution in [2.24, 2.45) is 22.7 Å². The van der Waals surface area contributed by atoms with Crippen LogP contribution in [-0.4, -0.2) is 23.3 Å². The topological polar surface area (TPSA) is 52.6 Å². The van der Waals surface area contributed by atoms with E-state index < -0.39 is 11.0 Å². The SMILES string of the molecule is C[C@@H]1CC(=O)C2=C(O1)O[C@]1(C)CC[C@@H]3C(C)(C)C=CC(=O)[C@]3(C)[C@@H]1C2. The third-order valence-electron chi connectivity index (χ3n) is 7.31. The molecule has 0 N–H and O–H groups in total. The Morgan fingerprint density at radius 1 is 1.08 bits per heavy atom. The standard InChI is InChI=1S/C21H28O4/c1-12-10-14(22)13-11-16-20(4,25-18(13)24-12)9-6-15-19(2,3)8-7-17(23)21(15,16)5/h7-8,12,15-16H,6,9-11H2,1-5H3/t12-,15-,16-,20-,21+/m1/s1. The molecule has 0 aromatic heterocycles. The Morgan fingerprint density at radius 3 is 2.52 bits per heavy atom. The van der Waals surface area contributed by atoms with Crippen LogP contribution >= 0.6 is 0 Å². The summed E-state index contributed by atoms with van der Waals surface area (Å²) < 4.78 is 12.2. The van der Waals surface area contributed by atoms with E-state index in [1.165, 1.54) is 0 Å². The predicted molar refractivity (Wildman–Crippen MR) is 93.6 cm³/mol. The molecule has 0 aromatic rings. The number of fused-ring (bicyclic) bond motifs is 3. The largest absolute Gasteiger partial charge is 0.462 e. The number of rotatable bonds is 0. The van der Waals surface area contributed by atoms with Gasteiger partial charge in [-0.1, -0.05) is 26.8 Å². The molecule has 2 aliphatic heterocycles. The van der Waals surface area contributed by atoms with Crippen LogP contribution in [0.3, 0.4) is 0 Å². The molecule has 4 heteroatoms. The molecule has 0 bridgehead atoms. The average molecular weight is 344 g/mol. The Labute approximate surface area is 149 Å². The molecule has 4 rings (SSSR count). The fraction of sp³-hybridized carbons (Fsp3) is 0.714. The van der Waals surface area contributed by atoms with Crippen LogP contribution in [0.2, 0.25) is 0 Å². The second-order valence-corrected chi connectivity index (χ2v) is 9.39. The van der Waals surface area contributed by atoms with Crippen molar-refractivity contribution in [3.05, 3.63) is 23.7 Å². The van der Waals surface area contributed by atoms with Crippen LogP contribution in [0.1, 0.15) is 60.3 Å². The van der Waals surface area contributed by atoms with Gasteiger partial charge in [0.15, 0.2) is 11.6 Å². The minimum absolute atomic E-state index is 0.00446. The lowest BCUT2D eigenvalue weighted by atomic mass is 9.45. The molecule has 0 aromatic carbocycles. The smallest absolute Gasteiger partial charge is 0.286 e. The maximum absolute atomic E-state index is 13.1. The molecule has 0 radical (unpaired) electrons. The Hall–Kier alpha value is -1.58. The first kappa shape index (κ1) is 16.9. The van der Waals surface area contributed by atoms with Crippen molar-refractivity contribution < 1.29 is 19.1 Å². The summed E-state index contributed by atoms with van der Waals surface area (Å²) in [6.07, 6.45) is 6.48. The van der Waals surface area contributed by atoms with E-state index in [4.69, 9.17) is 9.47 Å². The first-order valence-electron chi connectivity index (χ1n) is 9.43. The molecule has 25 heavy (non-hydrogen) atoms. The van der Waals surface area contributed by atoms with E-state index in [2.05, 4.69) is 33.8 Å². The van der Waals surface area contributed by atoms with Crippen LogP contribution < -0.4 is 0 Å². The molecule has 0 saturated heterocycles. The Kier molecular flexibility index (Phi) is 3.36. The summed E-state index contributed by atoms with van der Waals surface area (Å²) in [6, 6.07) is 0. The predicted octanol–water partition coefficient (Wildman–Crippen LogP) is 3.95. The average Bonchev–Trinajstić information content (AvgIpc) is 2.49. The van der Waals surface area contributed by atoms with Gasteiger partial charge in [-0.15, -0.1) is 0 Å².